The van der Waals surface area contributed by atoms with Crippen LogP contribution in [0.4, 0.5) is 0 Å². The van der Waals surface area contributed by atoms with Gasteiger partial charge in [0.2, 0.25) is 5.91 Å². The van der Waals surface area contributed by atoms with Crippen LogP contribution >= 0.6 is 11.3 Å². The number of hydrogen-bond donors (Lipinski definition) is 1. The Morgan fingerprint density at radius 3 is 2.90 bits per heavy atom. The second kappa shape index (κ2) is 5.73. The fourth-order valence-electron chi connectivity index (χ4n) is 2.47. The highest BCUT2D eigenvalue weighted by Gasteiger charge is 2.32. The zero-order chi connectivity index (χ0) is 14.9. The van der Waals surface area contributed by atoms with Crippen LogP contribution in [0.3, 0.4) is 0 Å². The van der Waals surface area contributed by atoms with Crippen molar-refractivity contribution in [1.29, 1.82) is 0 Å². The van der Waals surface area contributed by atoms with Crippen molar-refractivity contribution in [2.75, 3.05) is 18.1 Å². The Bertz CT molecular complexity index is 734. The Balaban J connectivity index is 1.53. The van der Waals surface area contributed by atoms with Gasteiger partial charge in [-0.3, -0.25) is 4.79 Å². The molecule has 1 amide bonds. The molecule has 0 aliphatic carbocycles. The zero-order valence-corrected chi connectivity index (χ0v) is 13.0. The molecule has 3 rings (SSSR count). The van der Waals surface area contributed by atoms with E-state index in [9.17, 15) is 13.2 Å². The molecule has 7 heteroatoms. The fourth-order valence-corrected chi connectivity index (χ4v) is 5.17. The topological polar surface area (TPSA) is 76.1 Å². The van der Waals surface area contributed by atoms with Crippen LogP contribution < -0.4 is 5.32 Å². The highest BCUT2D eigenvalue weighted by atomic mass is 32.2. The van der Waals surface area contributed by atoms with Gasteiger partial charge < -0.3 is 5.32 Å². The Morgan fingerprint density at radius 2 is 2.19 bits per heavy atom. The first-order valence-electron chi connectivity index (χ1n) is 6.86. The van der Waals surface area contributed by atoms with Gasteiger partial charge in [-0.2, -0.15) is 0 Å². The third-order valence-corrected chi connectivity index (χ3v) is 6.44. The molecule has 1 fully saturated rings. The molecule has 0 bridgehead atoms. The number of carbonyl (C=O) groups is 1. The van der Waals surface area contributed by atoms with Crippen LogP contribution in [0.15, 0.2) is 24.3 Å². The summed E-state index contributed by atoms with van der Waals surface area (Å²) in [4.78, 5) is 16.4. The summed E-state index contributed by atoms with van der Waals surface area (Å²) in [5.41, 5.74) is 0.978. The van der Waals surface area contributed by atoms with Crippen LogP contribution in [0.25, 0.3) is 10.2 Å². The number of rotatable bonds is 4. The maximum absolute atomic E-state index is 11.9. The minimum atomic E-state index is -3.01. The Hall–Kier alpha value is -1.47. The van der Waals surface area contributed by atoms with Crippen LogP contribution in [-0.2, 0) is 21.1 Å². The first kappa shape index (κ1) is 14.5. The van der Waals surface area contributed by atoms with Crippen molar-refractivity contribution in [2.24, 2.45) is 5.92 Å². The molecule has 1 aliphatic rings. The van der Waals surface area contributed by atoms with Gasteiger partial charge in [0.15, 0.2) is 9.84 Å². The number of para-hydroxylation sites is 1. The first-order chi connectivity index (χ1) is 10.0. The third kappa shape index (κ3) is 3.41. The van der Waals surface area contributed by atoms with E-state index in [4.69, 9.17) is 0 Å². The summed E-state index contributed by atoms with van der Waals surface area (Å²) in [6, 6.07) is 7.93. The highest BCUT2D eigenvalue weighted by molar-refractivity contribution is 7.91. The summed E-state index contributed by atoms with van der Waals surface area (Å²) in [5, 5.41) is 3.80. The summed E-state index contributed by atoms with van der Waals surface area (Å²) in [7, 11) is -3.01. The van der Waals surface area contributed by atoms with Crippen molar-refractivity contribution in [1.82, 2.24) is 10.3 Å². The second-order valence-corrected chi connectivity index (χ2v) is 8.56. The number of benzene rings is 1. The van der Waals surface area contributed by atoms with Crippen LogP contribution in [0.1, 0.15) is 11.4 Å². The first-order valence-corrected chi connectivity index (χ1v) is 9.50. The number of nitrogens with one attached hydrogen (secondary N) is 1. The number of carbonyl (C=O) groups excluding carboxylic acids is 1. The summed E-state index contributed by atoms with van der Waals surface area (Å²) < 4.78 is 23.8. The van der Waals surface area contributed by atoms with E-state index in [2.05, 4.69) is 10.3 Å². The average molecular weight is 324 g/mol. The van der Waals surface area contributed by atoms with Crippen molar-refractivity contribution in [3.8, 4) is 0 Å². The monoisotopic (exact) mass is 324 g/mol. The van der Waals surface area contributed by atoms with Crippen LogP contribution in [0, 0.1) is 5.92 Å². The lowest BCUT2D eigenvalue weighted by molar-refractivity contribution is -0.124. The van der Waals surface area contributed by atoms with E-state index in [-0.39, 0.29) is 23.3 Å². The van der Waals surface area contributed by atoms with Crippen molar-refractivity contribution >= 4 is 37.3 Å². The van der Waals surface area contributed by atoms with E-state index in [0.29, 0.717) is 19.4 Å². The molecule has 5 nitrogen and oxygen atoms in total. The minimum Gasteiger partial charge on any atom is -0.355 e. The van der Waals surface area contributed by atoms with E-state index in [1.54, 1.807) is 11.3 Å². The van der Waals surface area contributed by atoms with Gasteiger partial charge in [-0.25, -0.2) is 13.4 Å². The van der Waals surface area contributed by atoms with Crippen molar-refractivity contribution in [2.45, 2.75) is 12.8 Å². The summed E-state index contributed by atoms with van der Waals surface area (Å²) in [6.45, 7) is 0.495. The number of thiazole rings is 1. The number of fused-ring (bicyclic) bond motifs is 1. The largest absolute Gasteiger partial charge is 0.355 e. The normalized spacial score (nSPS) is 20.7. The van der Waals surface area contributed by atoms with Crippen molar-refractivity contribution in [3.05, 3.63) is 29.3 Å². The molecule has 1 saturated heterocycles. The Kier molecular flexibility index (Phi) is 3.95. The lowest BCUT2D eigenvalue weighted by atomic mass is 10.1. The van der Waals surface area contributed by atoms with Gasteiger partial charge in [-0.15, -0.1) is 11.3 Å². The molecule has 1 aromatic carbocycles. The van der Waals surface area contributed by atoms with E-state index in [1.165, 1.54) is 0 Å². The van der Waals surface area contributed by atoms with Gasteiger partial charge in [-0.05, 0) is 18.6 Å². The molecule has 1 atom stereocenters. The average Bonchev–Trinajstić information content (AvgIpc) is 3.01. The van der Waals surface area contributed by atoms with E-state index < -0.39 is 9.84 Å². The molecule has 0 spiro atoms. The van der Waals surface area contributed by atoms with Gasteiger partial charge >= 0.3 is 0 Å². The number of hydrogen-bond acceptors (Lipinski definition) is 5. The van der Waals surface area contributed by atoms with Crippen LogP contribution in [0.2, 0.25) is 0 Å². The van der Waals surface area contributed by atoms with Gasteiger partial charge in [0.1, 0.15) is 0 Å². The van der Waals surface area contributed by atoms with Gasteiger partial charge in [0.25, 0.3) is 0 Å². The number of amides is 1. The molecule has 0 saturated carbocycles. The maximum atomic E-state index is 11.9. The molecule has 1 aliphatic heterocycles. The molecule has 1 N–H and O–H groups in total. The molecule has 2 aromatic rings. The molecule has 0 unspecified atom stereocenters. The predicted molar refractivity (Wildman–Crippen MR) is 83.1 cm³/mol. The van der Waals surface area contributed by atoms with Crippen LogP contribution in [0.5, 0.6) is 0 Å². The number of aromatic nitrogens is 1. The van der Waals surface area contributed by atoms with Crippen molar-refractivity contribution < 1.29 is 13.2 Å². The zero-order valence-electron chi connectivity index (χ0n) is 11.4. The summed E-state index contributed by atoms with van der Waals surface area (Å²) >= 11 is 1.62. The third-order valence-electron chi connectivity index (χ3n) is 3.58. The molecule has 112 valence electrons. The summed E-state index contributed by atoms with van der Waals surface area (Å²) in [6.07, 6.45) is 1.11. The molecule has 0 radical (unpaired) electrons. The van der Waals surface area contributed by atoms with Gasteiger partial charge in [0, 0.05) is 13.0 Å². The van der Waals surface area contributed by atoms with E-state index >= 15 is 0 Å². The molecule has 1 aromatic heterocycles. The number of nitrogens with zero attached hydrogens (tertiary/aromatic N) is 1. The molecular weight excluding hydrogens is 308 g/mol. The molecular formula is C14H16N2O3S2. The smallest absolute Gasteiger partial charge is 0.224 e. The Morgan fingerprint density at radius 1 is 1.38 bits per heavy atom. The Labute approximate surface area is 127 Å². The molecule has 21 heavy (non-hydrogen) atoms. The lowest BCUT2D eigenvalue weighted by Crippen LogP contribution is -2.32. The highest BCUT2D eigenvalue weighted by Crippen LogP contribution is 2.22. The van der Waals surface area contributed by atoms with Gasteiger partial charge in [0.05, 0.1) is 32.6 Å². The SMILES string of the molecule is O=C(NCCc1nc2ccccc2s1)[C@@H]1CCS(=O)(=O)C1. The van der Waals surface area contributed by atoms with E-state index in [0.717, 1.165) is 15.2 Å². The molecule has 2 heterocycles. The minimum absolute atomic E-state index is 0.0139. The standard InChI is InChI=1S/C14H16N2O3S2/c17-14(10-6-8-21(18,19)9-10)15-7-5-13-16-11-3-1-2-4-12(11)20-13/h1-4,10H,5-9H2,(H,15,17)/t10-/m1/s1. The van der Waals surface area contributed by atoms with Crippen molar-refractivity contribution in [3.63, 3.8) is 0 Å². The van der Waals surface area contributed by atoms with Gasteiger partial charge in [-0.1, -0.05) is 12.1 Å². The summed E-state index contributed by atoms with van der Waals surface area (Å²) in [5.74, 6) is -0.425. The predicted octanol–water partition coefficient (Wildman–Crippen LogP) is 1.39. The van der Waals surface area contributed by atoms with Crippen LogP contribution in [-0.4, -0.2) is 37.4 Å². The quantitative estimate of drug-likeness (QED) is 0.922. The lowest BCUT2D eigenvalue weighted by Gasteiger charge is -2.08. The fraction of sp³-hybridized carbons (Fsp3) is 0.429. The van der Waals surface area contributed by atoms with E-state index in [1.807, 2.05) is 24.3 Å². The second-order valence-electron chi connectivity index (χ2n) is 5.22. The maximum Gasteiger partial charge on any atom is 0.224 e. The number of sulfone groups is 1.